The topological polar surface area (TPSA) is 96.5 Å². The molecule has 0 aliphatic heterocycles. The van der Waals surface area contributed by atoms with Crippen LogP contribution in [0.15, 0.2) is 55.1 Å². The van der Waals surface area contributed by atoms with Crippen LogP contribution in [0.2, 0.25) is 0 Å². The highest BCUT2D eigenvalue weighted by Crippen LogP contribution is 2.22. The fourth-order valence-corrected chi connectivity index (χ4v) is 3.88. The van der Waals surface area contributed by atoms with Gasteiger partial charge in [0.1, 0.15) is 5.76 Å². The summed E-state index contributed by atoms with van der Waals surface area (Å²) in [5.74, 6) is 0.211. The molecule has 0 aliphatic carbocycles. The Kier molecular flexibility index (Phi) is 4.33. The van der Waals surface area contributed by atoms with E-state index in [1.807, 2.05) is 13.0 Å². The number of aryl methyl sites for hydroxylation is 1. The highest BCUT2D eigenvalue weighted by Gasteiger charge is 2.26. The Hall–Kier alpha value is -2.32. The number of benzene rings is 1. The van der Waals surface area contributed by atoms with Crippen molar-refractivity contribution in [3.8, 4) is 0 Å². The quantitative estimate of drug-likeness (QED) is 0.736. The van der Waals surface area contributed by atoms with Gasteiger partial charge in [-0.25, -0.2) is 13.2 Å². The second kappa shape index (κ2) is 6.29. The van der Waals surface area contributed by atoms with Crippen LogP contribution < -0.4 is 5.76 Å². The van der Waals surface area contributed by atoms with E-state index in [9.17, 15) is 13.2 Å². The zero-order chi connectivity index (χ0) is 17.3. The van der Waals surface area contributed by atoms with Crippen molar-refractivity contribution in [3.63, 3.8) is 0 Å². The molecule has 1 atom stereocenters. The van der Waals surface area contributed by atoms with Crippen molar-refractivity contribution in [2.45, 2.75) is 30.7 Å². The van der Waals surface area contributed by atoms with E-state index in [1.54, 1.807) is 19.4 Å². The number of hydrogen-bond acceptors (Lipinski definition) is 5. The minimum atomic E-state index is -3.68. The number of furan rings is 1. The summed E-state index contributed by atoms with van der Waals surface area (Å²) in [4.78, 5) is 13.8. The Morgan fingerprint density at radius 2 is 2.08 bits per heavy atom. The maximum atomic E-state index is 12.8. The van der Waals surface area contributed by atoms with Gasteiger partial charge in [0.25, 0.3) is 0 Å². The van der Waals surface area contributed by atoms with Gasteiger partial charge in [0.15, 0.2) is 5.58 Å². The molecule has 0 aliphatic rings. The molecule has 7 nitrogen and oxygen atoms in total. The summed E-state index contributed by atoms with van der Waals surface area (Å²) >= 11 is 0. The molecule has 2 heterocycles. The average Bonchev–Trinajstić information content (AvgIpc) is 3.18. The molecule has 2 aromatic heterocycles. The molecular weight excluding hydrogens is 332 g/mol. The van der Waals surface area contributed by atoms with Crippen molar-refractivity contribution >= 4 is 21.1 Å². The molecule has 1 N–H and O–H groups in total. The number of H-pyrrole nitrogens is 1. The zero-order valence-electron chi connectivity index (χ0n) is 13.4. The molecule has 1 aromatic carbocycles. The molecule has 8 heteroatoms. The van der Waals surface area contributed by atoms with Crippen LogP contribution in [0.5, 0.6) is 0 Å². The number of aromatic nitrogens is 1. The lowest BCUT2D eigenvalue weighted by Gasteiger charge is -2.24. The maximum Gasteiger partial charge on any atom is 0.417 e. The minimum Gasteiger partial charge on any atom is -0.469 e. The molecule has 1 unspecified atom stereocenters. The van der Waals surface area contributed by atoms with Crippen molar-refractivity contribution < 1.29 is 17.3 Å². The highest BCUT2D eigenvalue weighted by atomic mass is 32.2. The van der Waals surface area contributed by atoms with Crippen LogP contribution in [0.3, 0.4) is 0 Å². The van der Waals surface area contributed by atoms with Crippen molar-refractivity contribution in [3.05, 3.63) is 52.9 Å². The summed E-state index contributed by atoms with van der Waals surface area (Å²) in [5, 5.41) is 0. The number of oxazole rings is 1. The largest absolute Gasteiger partial charge is 0.469 e. The lowest BCUT2D eigenvalue weighted by Crippen LogP contribution is -2.35. The van der Waals surface area contributed by atoms with Gasteiger partial charge in [0, 0.05) is 25.6 Å². The zero-order valence-corrected chi connectivity index (χ0v) is 14.2. The van der Waals surface area contributed by atoms with E-state index >= 15 is 0 Å². The number of hydrogen-bond donors (Lipinski definition) is 1. The van der Waals surface area contributed by atoms with Crippen molar-refractivity contribution in [1.29, 1.82) is 0 Å². The summed E-state index contributed by atoms with van der Waals surface area (Å²) in [6.45, 7) is 1.84. The standard InChI is InChI=1S/C16H18N2O5S/c1-11(5-6-12-4-3-9-22-12)18(2)24(20,21)13-7-8-14-15(10-13)23-16(19)17-14/h3-4,7-11H,5-6H2,1-2H3,(H,17,19). The number of rotatable bonds is 6. The smallest absolute Gasteiger partial charge is 0.417 e. The van der Waals surface area contributed by atoms with Crippen LogP contribution in [-0.4, -0.2) is 30.8 Å². The Bertz CT molecular complexity index is 985. The number of nitrogens with zero attached hydrogens (tertiary/aromatic N) is 1. The Morgan fingerprint density at radius 1 is 1.29 bits per heavy atom. The third-order valence-corrected chi connectivity index (χ3v) is 6.05. The third kappa shape index (κ3) is 3.15. The third-order valence-electron chi connectivity index (χ3n) is 4.08. The summed E-state index contributed by atoms with van der Waals surface area (Å²) in [6, 6.07) is 7.80. The first-order valence-corrected chi connectivity index (χ1v) is 8.95. The second-order valence-electron chi connectivity index (χ2n) is 5.66. The molecule has 128 valence electrons. The van der Waals surface area contributed by atoms with E-state index < -0.39 is 15.8 Å². The molecule has 3 rings (SSSR count). The van der Waals surface area contributed by atoms with Gasteiger partial charge in [-0.2, -0.15) is 4.31 Å². The molecule has 3 aromatic rings. The van der Waals surface area contributed by atoms with Gasteiger partial charge < -0.3 is 8.83 Å². The molecular formula is C16H18N2O5S. The van der Waals surface area contributed by atoms with Gasteiger partial charge in [-0.15, -0.1) is 0 Å². The molecule has 0 bridgehead atoms. The van der Waals surface area contributed by atoms with Crippen molar-refractivity contribution in [2.24, 2.45) is 0 Å². The van der Waals surface area contributed by atoms with Crippen LogP contribution in [0.25, 0.3) is 11.1 Å². The van der Waals surface area contributed by atoms with E-state index in [-0.39, 0.29) is 16.5 Å². The average molecular weight is 350 g/mol. The lowest BCUT2D eigenvalue weighted by atomic mass is 10.1. The molecule has 24 heavy (non-hydrogen) atoms. The van der Waals surface area contributed by atoms with Crippen LogP contribution in [-0.2, 0) is 16.4 Å². The minimum absolute atomic E-state index is 0.0881. The van der Waals surface area contributed by atoms with Crippen LogP contribution in [0, 0.1) is 0 Å². The molecule has 0 spiro atoms. The first-order valence-electron chi connectivity index (χ1n) is 7.51. The predicted molar refractivity (Wildman–Crippen MR) is 88.3 cm³/mol. The summed E-state index contributed by atoms with van der Waals surface area (Å²) < 4.78 is 37.0. The van der Waals surface area contributed by atoms with Crippen molar-refractivity contribution in [2.75, 3.05) is 7.05 Å². The fraction of sp³-hybridized carbons (Fsp3) is 0.312. The SMILES string of the molecule is CC(CCc1ccco1)N(C)S(=O)(=O)c1ccc2[nH]c(=O)oc2c1. The van der Waals surface area contributed by atoms with Gasteiger partial charge in [-0.05, 0) is 37.6 Å². The van der Waals surface area contributed by atoms with Crippen LogP contribution in [0.1, 0.15) is 19.1 Å². The molecule has 0 saturated heterocycles. The summed E-state index contributed by atoms with van der Waals surface area (Å²) in [6.07, 6.45) is 2.88. The van der Waals surface area contributed by atoms with Gasteiger partial charge in [0.05, 0.1) is 16.7 Å². The first kappa shape index (κ1) is 16.5. The van der Waals surface area contributed by atoms with E-state index in [1.165, 1.54) is 22.5 Å². The van der Waals surface area contributed by atoms with Gasteiger partial charge in [0.2, 0.25) is 10.0 Å². The van der Waals surface area contributed by atoms with Crippen LogP contribution >= 0.6 is 0 Å². The van der Waals surface area contributed by atoms with Gasteiger partial charge in [-0.1, -0.05) is 0 Å². The normalized spacial score (nSPS) is 13.6. The first-order chi connectivity index (χ1) is 11.4. The fourth-order valence-electron chi connectivity index (χ4n) is 2.48. The van der Waals surface area contributed by atoms with E-state index in [4.69, 9.17) is 8.83 Å². The number of aromatic amines is 1. The number of fused-ring (bicyclic) bond motifs is 1. The molecule has 0 amide bonds. The Morgan fingerprint density at radius 3 is 2.79 bits per heavy atom. The van der Waals surface area contributed by atoms with E-state index in [0.717, 1.165) is 5.76 Å². The summed E-state index contributed by atoms with van der Waals surface area (Å²) in [5.41, 5.74) is 0.685. The summed E-state index contributed by atoms with van der Waals surface area (Å²) in [7, 11) is -2.14. The highest BCUT2D eigenvalue weighted by molar-refractivity contribution is 7.89. The van der Waals surface area contributed by atoms with E-state index in [0.29, 0.717) is 18.4 Å². The van der Waals surface area contributed by atoms with Gasteiger partial charge >= 0.3 is 5.76 Å². The number of nitrogens with one attached hydrogen (secondary N) is 1. The Balaban J connectivity index is 1.80. The monoisotopic (exact) mass is 350 g/mol. The van der Waals surface area contributed by atoms with Crippen molar-refractivity contribution in [1.82, 2.24) is 9.29 Å². The molecule has 0 radical (unpaired) electrons. The van der Waals surface area contributed by atoms with E-state index in [2.05, 4.69) is 4.98 Å². The second-order valence-corrected chi connectivity index (χ2v) is 7.66. The molecule has 0 fully saturated rings. The molecule has 0 saturated carbocycles. The van der Waals surface area contributed by atoms with Crippen LogP contribution in [0.4, 0.5) is 0 Å². The number of sulfonamides is 1. The Labute approximate surface area is 138 Å². The maximum absolute atomic E-state index is 12.8. The lowest BCUT2D eigenvalue weighted by molar-refractivity contribution is 0.361. The predicted octanol–water partition coefficient (Wildman–Crippen LogP) is 2.36. The van der Waals surface area contributed by atoms with Gasteiger partial charge in [-0.3, -0.25) is 4.98 Å².